The monoisotopic (exact) mass is 349 g/mol. The van der Waals surface area contributed by atoms with Crippen LogP contribution in [-0.4, -0.2) is 32.6 Å². The first-order valence-corrected chi connectivity index (χ1v) is 8.59. The molecule has 1 aromatic rings. The van der Waals surface area contributed by atoms with Crippen molar-refractivity contribution in [2.45, 2.75) is 52.6 Å². The minimum absolute atomic E-state index is 0.605. The van der Waals surface area contributed by atoms with Crippen molar-refractivity contribution < 1.29 is 0 Å². The highest BCUT2D eigenvalue weighted by Crippen LogP contribution is 2.24. The zero-order chi connectivity index (χ0) is 14.4. The number of alkyl halides is 1. The van der Waals surface area contributed by atoms with Crippen LogP contribution in [0.25, 0.3) is 0 Å². The van der Waals surface area contributed by atoms with Crippen LogP contribution in [0.3, 0.4) is 0 Å². The summed E-state index contributed by atoms with van der Waals surface area (Å²) in [6.07, 6.45) is 3.22. The number of aromatic nitrogens is 2. The van der Waals surface area contributed by atoms with E-state index in [2.05, 4.69) is 46.7 Å². The number of halogens is 2. The van der Waals surface area contributed by atoms with Gasteiger partial charge in [-0.1, -0.05) is 48.3 Å². The van der Waals surface area contributed by atoms with Crippen molar-refractivity contribution in [3.05, 3.63) is 16.4 Å². The van der Waals surface area contributed by atoms with Gasteiger partial charge in [0.2, 0.25) is 0 Å². The second-order valence-electron chi connectivity index (χ2n) is 4.81. The lowest BCUT2D eigenvalue weighted by Crippen LogP contribution is -2.36. The first-order chi connectivity index (χ1) is 9.08. The third-order valence-corrected chi connectivity index (χ3v) is 4.48. The molecule has 0 saturated heterocycles. The lowest BCUT2D eigenvalue weighted by atomic mass is 10.1. The average molecular weight is 351 g/mol. The number of hydrogen-bond donors (Lipinski definition) is 0. The van der Waals surface area contributed by atoms with Crippen molar-refractivity contribution in [3.8, 4) is 0 Å². The van der Waals surface area contributed by atoms with Crippen LogP contribution in [0, 0.1) is 0 Å². The normalized spacial score (nSPS) is 11.8. The van der Waals surface area contributed by atoms with Crippen molar-refractivity contribution >= 4 is 27.5 Å². The molecule has 0 fully saturated rings. The largest absolute Gasteiger partial charge is 0.294 e. The van der Waals surface area contributed by atoms with Gasteiger partial charge in [-0.25, -0.2) is 0 Å². The lowest BCUT2D eigenvalue weighted by Gasteiger charge is -2.29. The molecule has 0 N–H and O–H groups in total. The van der Waals surface area contributed by atoms with E-state index >= 15 is 0 Å². The van der Waals surface area contributed by atoms with Gasteiger partial charge in [-0.2, -0.15) is 5.10 Å². The van der Waals surface area contributed by atoms with Gasteiger partial charge >= 0.3 is 0 Å². The van der Waals surface area contributed by atoms with Gasteiger partial charge in [0.05, 0.1) is 16.4 Å². The molecular weight excluding hydrogens is 326 g/mol. The maximum atomic E-state index is 6.44. The summed E-state index contributed by atoms with van der Waals surface area (Å²) in [6, 6.07) is 0.605. The van der Waals surface area contributed by atoms with Crippen LogP contribution in [-0.2, 0) is 20.0 Å². The number of hydrogen-bond acceptors (Lipinski definition) is 2. The number of rotatable bonds is 8. The van der Waals surface area contributed by atoms with E-state index in [0.717, 1.165) is 41.3 Å². The minimum atomic E-state index is 0.605. The second kappa shape index (κ2) is 8.28. The summed E-state index contributed by atoms with van der Waals surface area (Å²) in [6.45, 7) is 8.50. The maximum absolute atomic E-state index is 6.44. The molecule has 1 aromatic heterocycles. The van der Waals surface area contributed by atoms with E-state index in [4.69, 9.17) is 11.6 Å². The quantitative estimate of drug-likeness (QED) is 0.660. The molecule has 3 nitrogen and oxygen atoms in total. The minimum Gasteiger partial charge on any atom is -0.294 e. The van der Waals surface area contributed by atoms with Crippen LogP contribution in [0.1, 0.15) is 45.0 Å². The van der Waals surface area contributed by atoms with E-state index < -0.39 is 0 Å². The summed E-state index contributed by atoms with van der Waals surface area (Å²) in [5, 5.41) is 6.33. The van der Waals surface area contributed by atoms with Crippen LogP contribution in [0.4, 0.5) is 0 Å². The first kappa shape index (κ1) is 17.0. The standard InChI is InChI=1S/C14H25BrClN3/c1-5-11(6-2)19(9-8-15)10-13-14(16)12(7-3)17-18(13)4/h11H,5-10H2,1-4H3. The molecule has 0 aromatic carbocycles. The van der Waals surface area contributed by atoms with Crippen molar-refractivity contribution in [1.82, 2.24) is 14.7 Å². The molecule has 1 rings (SSSR count). The van der Waals surface area contributed by atoms with Crippen LogP contribution < -0.4 is 0 Å². The van der Waals surface area contributed by atoms with Gasteiger partial charge in [-0.05, 0) is 19.3 Å². The Labute approximate surface area is 130 Å². The predicted molar refractivity (Wildman–Crippen MR) is 86.2 cm³/mol. The Balaban J connectivity index is 2.92. The molecule has 0 saturated carbocycles. The van der Waals surface area contributed by atoms with Gasteiger partial charge in [-0.15, -0.1) is 0 Å². The van der Waals surface area contributed by atoms with E-state index in [-0.39, 0.29) is 0 Å². The third kappa shape index (κ3) is 4.20. The lowest BCUT2D eigenvalue weighted by molar-refractivity contribution is 0.184. The van der Waals surface area contributed by atoms with Crippen LogP contribution in [0.15, 0.2) is 0 Å². The van der Waals surface area contributed by atoms with Gasteiger partial charge in [0.15, 0.2) is 0 Å². The molecule has 0 unspecified atom stereocenters. The highest BCUT2D eigenvalue weighted by atomic mass is 79.9. The van der Waals surface area contributed by atoms with Gasteiger partial charge < -0.3 is 0 Å². The van der Waals surface area contributed by atoms with E-state index in [9.17, 15) is 0 Å². The summed E-state index contributed by atoms with van der Waals surface area (Å²) in [5.74, 6) is 0. The fraction of sp³-hybridized carbons (Fsp3) is 0.786. The molecule has 19 heavy (non-hydrogen) atoms. The summed E-state index contributed by atoms with van der Waals surface area (Å²) in [4.78, 5) is 2.50. The molecule has 0 aliphatic rings. The molecule has 0 amide bonds. The van der Waals surface area contributed by atoms with Crippen molar-refractivity contribution in [2.75, 3.05) is 11.9 Å². The Morgan fingerprint density at radius 2 is 1.95 bits per heavy atom. The van der Waals surface area contributed by atoms with Crippen LogP contribution in [0.2, 0.25) is 5.02 Å². The third-order valence-electron chi connectivity index (χ3n) is 3.69. The smallest absolute Gasteiger partial charge is 0.0863 e. The van der Waals surface area contributed by atoms with E-state index in [1.165, 1.54) is 12.8 Å². The molecule has 0 aliphatic heterocycles. The Kier molecular flexibility index (Phi) is 7.40. The van der Waals surface area contributed by atoms with Gasteiger partial charge in [-0.3, -0.25) is 9.58 Å². The molecule has 0 spiro atoms. The molecule has 0 atom stereocenters. The van der Waals surface area contributed by atoms with Gasteiger partial charge in [0.1, 0.15) is 0 Å². The zero-order valence-corrected chi connectivity index (χ0v) is 14.8. The van der Waals surface area contributed by atoms with Gasteiger partial charge in [0, 0.05) is 31.5 Å². The number of aryl methyl sites for hydroxylation is 2. The molecule has 0 aliphatic carbocycles. The Morgan fingerprint density at radius 1 is 1.32 bits per heavy atom. The maximum Gasteiger partial charge on any atom is 0.0863 e. The molecular formula is C14H25BrClN3. The highest BCUT2D eigenvalue weighted by molar-refractivity contribution is 9.09. The fourth-order valence-corrected chi connectivity index (χ4v) is 3.30. The summed E-state index contributed by atoms with van der Waals surface area (Å²) in [5.41, 5.74) is 2.13. The van der Waals surface area contributed by atoms with Crippen LogP contribution >= 0.6 is 27.5 Å². The molecule has 1 heterocycles. The Hall–Kier alpha value is -0.0600. The Morgan fingerprint density at radius 3 is 2.37 bits per heavy atom. The van der Waals surface area contributed by atoms with Crippen molar-refractivity contribution in [1.29, 1.82) is 0 Å². The van der Waals surface area contributed by atoms with Crippen molar-refractivity contribution in [3.63, 3.8) is 0 Å². The summed E-state index contributed by atoms with van der Waals surface area (Å²) < 4.78 is 1.94. The zero-order valence-electron chi connectivity index (χ0n) is 12.4. The Bertz CT molecular complexity index is 388. The molecule has 0 bridgehead atoms. The molecule has 110 valence electrons. The predicted octanol–water partition coefficient (Wildman–Crippen LogP) is 4.02. The van der Waals surface area contributed by atoms with Gasteiger partial charge in [0.25, 0.3) is 0 Å². The fourth-order valence-electron chi connectivity index (χ4n) is 2.49. The SMILES string of the molecule is CCc1nn(C)c(CN(CCBr)C(CC)CC)c1Cl. The van der Waals surface area contributed by atoms with Crippen molar-refractivity contribution in [2.24, 2.45) is 7.05 Å². The second-order valence-corrected chi connectivity index (χ2v) is 5.99. The summed E-state index contributed by atoms with van der Waals surface area (Å²) >= 11 is 9.99. The van der Waals surface area contributed by atoms with E-state index in [1.54, 1.807) is 0 Å². The molecule has 5 heteroatoms. The first-order valence-electron chi connectivity index (χ1n) is 7.09. The topological polar surface area (TPSA) is 21.1 Å². The average Bonchev–Trinajstić information content (AvgIpc) is 2.67. The molecule has 0 radical (unpaired) electrons. The highest BCUT2D eigenvalue weighted by Gasteiger charge is 2.20. The summed E-state index contributed by atoms with van der Waals surface area (Å²) in [7, 11) is 1.99. The van der Waals surface area contributed by atoms with E-state index in [0.29, 0.717) is 6.04 Å². The number of nitrogens with zero attached hydrogens (tertiary/aromatic N) is 3. The van der Waals surface area contributed by atoms with Crippen LogP contribution in [0.5, 0.6) is 0 Å². The van der Waals surface area contributed by atoms with E-state index in [1.807, 2.05) is 11.7 Å².